The van der Waals surface area contributed by atoms with Crippen LogP contribution in [0.1, 0.15) is 22.8 Å². The number of hydrogen-bond donors (Lipinski definition) is 1. The Kier molecular flexibility index (Phi) is 7.18. The zero-order valence-electron chi connectivity index (χ0n) is 17.3. The first-order chi connectivity index (χ1) is 15.3. The third kappa shape index (κ3) is 5.48. The van der Waals surface area contributed by atoms with E-state index in [4.69, 9.17) is 0 Å². The fraction of sp³-hybridized carbons (Fsp3) is 0.333. The number of nitrogens with one attached hydrogen (secondary N) is 1. The van der Waals surface area contributed by atoms with Crippen molar-refractivity contribution in [3.8, 4) is 5.75 Å². The largest absolute Gasteiger partial charge is 0.434 e. The monoisotopic (exact) mass is 448 g/mol. The normalized spacial score (nSPS) is 13.8. The molecule has 2 amide bonds. The number of halogens is 2. The Morgan fingerprint density at radius 3 is 2.47 bits per heavy atom. The van der Waals surface area contributed by atoms with Crippen LogP contribution >= 0.6 is 0 Å². The molecule has 0 saturated carbocycles. The summed E-state index contributed by atoms with van der Waals surface area (Å²) >= 11 is 0. The minimum absolute atomic E-state index is 0.0494. The molecule has 0 aromatic heterocycles. The summed E-state index contributed by atoms with van der Waals surface area (Å²) in [7, 11) is 0. The quantitative estimate of drug-likeness (QED) is 0.516. The lowest BCUT2D eigenvalue weighted by molar-refractivity contribution is -0.384. The van der Waals surface area contributed by atoms with Crippen LogP contribution in [0.5, 0.6) is 5.75 Å². The van der Waals surface area contributed by atoms with Crippen LogP contribution in [0.25, 0.3) is 0 Å². The second-order valence-corrected chi connectivity index (χ2v) is 7.12. The topological polar surface area (TPSA) is 105 Å². The smallest absolute Gasteiger partial charge is 0.387 e. The number of hydrogen-bond acceptors (Lipinski definition) is 6. The Labute approximate surface area is 182 Å². The molecular formula is C21H22F2N4O5. The van der Waals surface area contributed by atoms with Crippen molar-refractivity contribution in [2.75, 3.05) is 31.1 Å². The van der Waals surface area contributed by atoms with Crippen LogP contribution in [0.4, 0.5) is 20.2 Å². The first-order valence-electron chi connectivity index (χ1n) is 9.86. The Hall–Kier alpha value is -3.76. The van der Waals surface area contributed by atoms with Crippen LogP contribution in [0.15, 0.2) is 42.5 Å². The van der Waals surface area contributed by atoms with E-state index >= 15 is 0 Å². The van der Waals surface area contributed by atoms with Crippen LogP contribution < -0.4 is 15.0 Å². The van der Waals surface area contributed by atoms with Crippen molar-refractivity contribution in [3.63, 3.8) is 0 Å². The maximum absolute atomic E-state index is 12.6. The average molecular weight is 448 g/mol. The second-order valence-electron chi connectivity index (χ2n) is 7.12. The summed E-state index contributed by atoms with van der Waals surface area (Å²) in [6, 6.07) is 10.2. The molecule has 1 aliphatic heterocycles. The van der Waals surface area contributed by atoms with Crippen molar-refractivity contribution in [1.82, 2.24) is 10.2 Å². The van der Waals surface area contributed by atoms with Gasteiger partial charge in [0.15, 0.2) is 0 Å². The van der Waals surface area contributed by atoms with Crippen molar-refractivity contribution in [1.29, 1.82) is 0 Å². The van der Waals surface area contributed by atoms with E-state index < -0.39 is 17.4 Å². The second kappa shape index (κ2) is 10.0. The highest BCUT2D eigenvalue weighted by Gasteiger charge is 2.26. The first kappa shape index (κ1) is 22.9. The number of carbonyl (C=O) groups excluding carboxylic acids is 2. The lowest BCUT2D eigenvalue weighted by Gasteiger charge is -2.35. The first-order valence-corrected chi connectivity index (χ1v) is 9.86. The molecule has 11 heteroatoms. The number of nitro groups is 1. The van der Waals surface area contributed by atoms with Gasteiger partial charge in [0, 0.05) is 56.8 Å². The van der Waals surface area contributed by atoms with Gasteiger partial charge in [-0.25, -0.2) is 0 Å². The molecule has 3 rings (SSSR count). The summed E-state index contributed by atoms with van der Waals surface area (Å²) in [5.74, 6) is -0.701. The molecule has 32 heavy (non-hydrogen) atoms. The molecule has 1 aliphatic rings. The Morgan fingerprint density at radius 1 is 1.16 bits per heavy atom. The number of alkyl halides is 2. The van der Waals surface area contributed by atoms with Gasteiger partial charge < -0.3 is 19.9 Å². The highest BCUT2D eigenvalue weighted by atomic mass is 19.3. The molecule has 9 nitrogen and oxygen atoms in total. The number of benzene rings is 2. The molecular weight excluding hydrogens is 426 g/mol. The molecule has 0 bridgehead atoms. The molecule has 1 fully saturated rings. The fourth-order valence-electron chi connectivity index (χ4n) is 3.48. The molecule has 1 N–H and O–H groups in total. The summed E-state index contributed by atoms with van der Waals surface area (Å²) in [5.41, 5.74) is 0.548. The van der Waals surface area contributed by atoms with Gasteiger partial charge >= 0.3 is 6.61 Å². The molecule has 1 heterocycles. The number of amides is 2. The van der Waals surface area contributed by atoms with Gasteiger partial charge in [-0.1, -0.05) is 18.2 Å². The average Bonchev–Trinajstić information content (AvgIpc) is 2.77. The maximum Gasteiger partial charge on any atom is 0.387 e. The molecule has 2 aromatic carbocycles. The zero-order chi connectivity index (χ0) is 23.3. The molecule has 170 valence electrons. The SMILES string of the molecule is CC(=O)N1CCN(c2ccc(C(=O)NCc3ccccc3OC(F)F)cc2[N+](=O)[O-])CC1. The lowest BCUT2D eigenvalue weighted by atomic mass is 10.1. The Morgan fingerprint density at radius 2 is 1.84 bits per heavy atom. The van der Waals surface area contributed by atoms with Gasteiger partial charge in [0.05, 0.1) is 4.92 Å². The number of para-hydroxylation sites is 1. The van der Waals surface area contributed by atoms with Crippen LogP contribution in [-0.4, -0.2) is 54.4 Å². The van der Waals surface area contributed by atoms with E-state index in [0.717, 1.165) is 0 Å². The number of piperazine rings is 1. The summed E-state index contributed by atoms with van der Waals surface area (Å²) in [4.78, 5) is 38.6. The summed E-state index contributed by atoms with van der Waals surface area (Å²) in [6.07, 6.45) is 0. The minimum Gasteiger partial charge on any atom is -0.434 e. The molecule has 0 radical (unpaired) electrons. The molecule has 1 saturated heterocycles. The predicted molar refractivity (Wildman–Crippen MR) is 112 cm³/mol. The Bertz CT molecular complexity index is 1010. The van der Waals surface area contributed by atoms with Gasteiger partial charge in [-0.2, -0.15) is 8.78 Å². The van der Waals surface area contributed by atoms with Crippen LogP contribution in [0.3, 0.4) is 0 Å². The van der Waals surface area contributed by atoms with E-state index in [9.17, 15) is 28.5 Å². The van der Waals surface area contributed by atoms with Crippen molar-refractivity contribution in [2.24, 2.45) is 0 Å². The van der Waals surface area contributed by atoms with Crippen molar-refractivity contribution < 1.29 is 28.0 Å². The Balaban J connectivity index is 1.72. The van der Waals surface area contributed by atoms with Crippen molar-refractivity contribution >= 4 is 23.2 Å². The molecule has 2 aromatic rings. The van der Waals surface area contributed by atoms with E-state index in [2.05, 4.69) is 10.1 Å². The number of nitrogens with zero attached hydrogens (tertiary/aromatic N) is 3. The third-order valence-electron chi connectivity index (χ3n) is 5.13. The van der Waals surface area contributed by atoms with Gasteiger partial charge in [-0.15, -0.1) is 0 Å². The molecule has 0 aliphatic carbocycles. The van der Waals surface area contributed by atoms with Gasteiger partial charge in [0.25, 0.3) is 11.6 Å². The maximum atomic E-state index is 12.6. The van der Waals surface area contributed by atoms with Crippen molar-refractivity contribution in [3.05, 3.63) is 63.7 Å². The minimum atomic E-state index is -3.00. The summed E-state index contributed by atoms with van der Waals surface area (Å²) in [5, 5.41) is 14.2. The standard InChI is InChI=1S/C21H22F2N4O5/c1-14(28)25-8-10-26(11-9-25)17-7-6-15(12-18(17)27(30)31)20(29)24-13-16-4-2-3-5-19(16)32-21(22)23/h2-7,12,21H,8-11,13H2,1H3,(H,24,29). The number of rotatable bonds is 7. The zero-order valence-corrected chi connectivity index (χ0v) is 17.3. The van der Waals surface area contributed by atoms with Crippen molar-refractivity contribution in [2.45, 2.75) is 20.1 Å². The van der Waals surface area contributed by atoms with Gasteiger partial charge in [-0.05, 0) is 18.2 Å². The van der Waals surface area contributed by atoms with E-state index in [1.807, 2.05) is 0 Å². The van der Waals surface area contributed by atoms with E-state index in [1.54, 1.807) is 15.9 Å². The number of ether oxygens (including phenoxy) is 1. The predicted octanol–water partition coefficient (Wildman–Crippen LogP) is 2.79. The van der Waals surface area contributed by atoms with Crippen LogP contribution in [0.2, 0.25) is 0 Å². The third-order valence-corrected chi connectivity index (χ3v) is 5.13. The number of anilines is 1. The van der Waals surface area contributed by atoms with E-state index in [0.29, 0.717) is 37.4 Å². The van der Waals surface area contributed by atoms with Gasteiger partial charge in [-0.3, -0.25) is 19.7 Å². The van der Waals surface area contributed by atoms with E-state index in [-0.39, 0.29) is 29.5 Å². The highest BCUT2D eigenvalue weighted by molar-refractivity contribution is 5.95. The summed E-state index contributed by atoms with van der Waals surface area (Å²) in [6.45, 7) is 0.163. The van der Waals surface area contributed by atoms with E-state index in [1.165, 1.54) is 43.3 Å². The highest BCUT2D eigenvalue weighted by Crippen LogP contribution is 2.30. The van der Waals surface area contributed by atoms with Crippen LogP contribution in [0, 0.1) is 10.1 Å². The lowest BCUT2D eigenvalue weighted by Crippen LogP contribution is -2.48. The summed E-state index contributed by atoms with van der Waals surface area (Å²) < 4.78 is 29.5. The number of carbonyl (C=O) groups is 2. The fourth-order valence-corrected chi connectivity index (χ4v) is 3.48. The molecule has 0 spiro atoms. The van der Waals surface area contributed by atoms with Gasteiger partial charge in [0.2, 0.25) is 5.91 Å². The van der Waals surface area contributed by atoms with Crippen LogP contribution in [-0.2, 0) is 11.3 Å². The number of nitro benzene ring substituents is 1. The van der Waals surface area contributed by atoms with Gasteiger partial charge in [0.1, 0.15) is 11.4 Å². The molecule has 0 unspecified atom stereocenters. The molecule has 0 atom stereocenters.